The predicted octanol–water partition coefficient (Wildman–Crippen LogP) is 1.66. The molecule has 5 nitrogen and oxygen atoms in total. The Morgan fingerprint density at radius 1 is 1.21 bits per heavy atom. The molecule has 24 heavy (non-hydrogen) atoms. The minimum atomic E-state index is 0.766. The molecular formula is C19H27N5. The van der Waals surface area contributed by atoms with Gasteiger partial charge in [0.2, 0.25) is 0 Å². The quantitative estimate of drug-likeness (QED) is 0.927. The molecule has 0 amide bonds. The molecule has 1 aromatic carbocycles. The highest BCUT2D eigenvalue weighted by Gasteiger charge is 2.26. The van der Waals surface area contributed by atoms with E-state index < -0.39 is 0 Å². The van der Waals surface area contributed by atoms with Gasteiger partial charge in [0.05, 0.1) is 5.69 Å². The summed E-state index contributed by atoms with van der Waals surface area (Å²) in [5.41, 5.74) is 3.92. The smallest absolute Gasteiger partial charge is 0.0648 e. The maximum Gasteiger partial charge on any atom is 0.0648 e. The fraction of sp³-hybridized carbons (Fsp3) is 0.526. The van der Waals surface area contributed by atoms with Crippen LogP contribution in [0.1, 0.15) is 17.5 Å². The highest BCUT2D eigenvalue weighted by molar-refractivity contribution is 5.39. The third kappa shape index (κ3) is 3.38. The Hall–Kier alpha value is -1.69. The summed E-state index contributed by atoms with van der Waals surface area (Å²) in [6.07, 6.45) is 5.13. The number of aromatic nitrogens is 2. The van der Waals surface area contributed by atoms with Gasteiger partial charge in [-0.3, -0.25) is 9.80 Å². The zero-order chi connectivity index (χ0) is 16.4. The van der Waals surface area contributed by atoms with E-state index in [1.807, 2.05) is 23.1 Å². The van der Waals surface area contributed by atoms with E-state index in [1.165, 1.54) is 56.8 Å². The lowest BCUT2D eigenvalue weighted by atomic mass is 10.1. The Balaban J connectivity index is 1.36. The molecule has 1 N–H and O–H groups in total. The molecule has 2 aromatic rings. The van der Waals surface area contributed by atoms with Crippen LogP contribution in [0.3, 0.4) is 0 Å². The predicted molar refractivity (Wildman–Crippen MR) is 96.4 cm³/mol. The van der Waals surface area contributed by atoms with E-state index in [-0.39, 0.29) is 0 Å². The van der Waals surface area contributed by atoms with Crippen LogP contribution in [0, 0.1) is 6.92 Å². The number of aryl methyl sites for hydroxylation is 1. The SMILES string of the molecule is Cc1cc(-n2cccn2)ccc1CN1CCN([C@@H]2CCNC2)CC1. The van der Waals surface area contributed by atoms with E-state index in [0.29, 0.717) is 0 Å². The van der Waals surface area contributed by atoms with E-state index >= 15 is 0 Å². The first kappa shape index (κ1) is 15.8. The number of piperazine rings is 1. The average molecular weight is 325 g/mol. The van der Waals surface area contributed by atoms with Gasteiger partial charge in [-0.2, -0.15) is 5.10 Å². The second kappa shape index (κ2) is 7.05. The van der Waals surface area contributed by atoms with Gasteiger partial charge in [-0.15, -0.1) is 0 Å². The Labute approximate surface area is 144 Å². The van der Waals surface area contributed by atoms with Crippen molar-refractivity contribution in [2.24, 2.45) is 0 Å². The van der Waals surface area contributed by atoms with Crippen LogP contribution in [-0.2, 0) is 6.54 Å². The lowest BCUT2D eigenvalue weighted by Crippen LogP contribution is -2.50. The van der Waals surface area contributed by atoms with Gasteiger partial charge in [-0.05, 0) is 49.2 Å². The van der Waals surface area contributed by atoms with Crippen molar-refractivity contribution in [1.29, 1.82) is 0 Å². The molecule has 2 aliphatic rings. The molecule has 0 spiro atoms. The zero-order valence-corrected chi connectivity index (χ0v) is 14.5. The van der Waals surface area contributed by atoms with Crippen LogP contribution in [0.15, 0.2) is 36.7 Å². The van der Waals surface area contributed by atoms with Gasteiger partial charge in [0.1, 0.15) is 0 Å². The lowest BCUT2D eigenvalue weighted by Gasteiger charge is -2.38. The van der Waals surface area contributed by atoms with Crippen molar-refractivity contribution in [2.75, 3.05) is 39.3 Å². The molecule has 5 heteroatoms. The maximum absolute atomic E-state index is 4.31. The molecule has 2 aliphatic heterocycles. The Morgan fingerprint density at radius 2 is 2.08 bits per heavy atom. The summed E-state index contributed by atoms with van der Waals surface area (Å²) in [7, 11) is 0. The molecule has 2 saturated heterocycles. The molecule has 0 bridgehead atoms. The Bertz CT molecular complexity index is 652. The van der Waals surface area contributed by atoms with Gasteiger partial charge in [-0.1, -0.05) is 6.07 Å². The fourth-order valence-corrected chi connectivity index (χ4v) is 3.90. The largest absolute Gasteiger partial charge is 0.315 e. The average Bonchev–Trinajstić information content (AvgIpc) is 3.31. The highest BCUT2D eigenvalue weighted by atomic mass is 15.3. The number of hydrogen-bond acceptors (Lipinski definition) is 4. The van der Waals surface area contributed by atoms with Crippen LogP contribution < -0.4 is 5.32 Å². The van der Waals surface area contributed by atoms with Crippen LogP contribution in [0.25, 0.3) is 5.69 Å². The monoisotopic (exact) mass is 325 g/mol. The normalized spacial score (nSPS) is 23.0. The van der Waals surface area contributed by atoms with Crippen LogP contribution >= 0.6 is 0 Å². The van der Waals surface area contributed by atoms with E-state index in [1.54, 1.807) is 0 Å². The van der Waals surface area contributed by atoms with Crippen molar-refractivity contribution >= 4 is 0 Å². The number of nitrogens with one attached hydrogen (secondary N) is 1. The van der Waals surface area contributed by atoms with E-state index in [0.717, 1.165) is 18.3 Å². The van der Waals surface area contributed by atoms with Crippen molar-refractivity contribution in [3.63, 3.8) is 0 Å². The standard InChI is InChI=1S/C19H27N5/c1-16-13-18(24-8-2-6-21-24)4-3-17(16)15-22-9-11-23(12-10-22)19-5-7-20-14-19/h2-4,6,8,13,19-20H,5,7,9-12,14-15H2,1H3/t19-/m1/s1. The molecule has 0 saturated carbocycles. The van der Waals surface area contributed by atoms with Crippen molar-refractivity contribution in [3.05, 3.63) is 47.8 Å². The van der Waals surface area contributed by atoms with Gasteiger partial charge in [0.15, 0.2) is 0 Å². The molecule has 1 atom stereocenters. The topological polar surface area (TPSA) is 36.3 Å². The first-order valence-corrected chi connectivity index (χ1v) is 9.06. The summed E-state index contributed by atoms with van der Waals surface area (Å²) < 4.78 is 1.92. The van der Waals surface area contributed by atoms with Crippen molar-refractivity contribution in [2.45, 2.75) is 25.9 Å². The van der Waals surface area contributed by atoms with E-state index in [9.17, 15) is 0 Å². The van der Waals surface area contributed by atoms with Gasteiger partial charge >= 0.3 is 0 Å². The molecule has 1 aromatic heterocycles. The number of benzene rings is 1. The highest BCUT2D eigenvalue weighted by Crippen LogP contribution is 2.18. The number of rotatable bonds is 4. The third-order valence-electron chi connectivity index (χ3n) is 5.45. The lowest BCUT2D eigenvalue weighted by molar-refractivity contribution is 0.0980. The van der Waals surface area contributed by atoms with Crippen molar-refractivity contribution in [3.8, 4) is 5.69 Å². The Kier molecular flexibility index (Phi) is 4.65. The molecular weight excluding hydrogens is 298 g/mol. The summed E-state index contributed by atoms with van der Waals surface area (Å²) in [4.78, 5) is 5.26. The first-order chi connectivity index (χ1) is 11.8. The Morgan fingerprint density at radius 3 is 2.75 bits per heavy atom. The third-order valence-corrected chi connectivity index (χ3v) is 5.45. The molecule has 0 radical (unpaired) electrons. The summed E-state index contributed by atoms with van der Waals surface area (Å²) in [6.45, 7) is 10.4. The molecule has 4 rings (SSSR count). The summed E-state index contributed by atoms with van der Waals surface area (Å²) in [5.74, 6) is 0. The summed E-state index contributed by atoms with van der Waals surface area (Å²) in [5, 5.41) is 7.80. The van der Waals surface area contributed by atoms with Crippen LogP contribution in [0.4, 0.5) is 0 Å². The van der Waals surface area contributed by atoms with Gasteiger partial charge in [0, 0.05) is 57.7 Å². The first-order valence-electron chi connectivity index (χ1n) is 9.06. The summed E-state index contributed by atoms with van der Waals surface area (Å²) >= 11 is 0. The fourth-order valence-electron chi connectivity index (χ4n) is 3.90. The minimum Gasteiger partial charge on any atom is -0.315 e. The van der Waals surface area contributed by atoms with Crippen molar-refractivity contribution in [1.82, 2.24) is 24.9 Å². The van der Waals surface area contributed by atoms with Gasteiger partial charge < -0.3 is 5.32 Å². The summed E-state index contributed by atoms with van der Waals surface area (Å²) in [6, 6.07) is 9.41. The van der Waals surface area contributed by atoms with E-state index in [4.69, 9.17) is 0 Å². The van der Waals surface area contributed by atoms with Crippen LogP contribution in [-0.4, -0.2) is 64.9 Å². The molecule has 0 aliphatic carbocycles. The van der Waals surface area contributed by atoms with Crippen LogP contribution in [0.5, 0.6) is 0 Å². The van der Waals surface area contributed by atoms with Crippen LogP contribution in [0.2, 0.25) is 0 Å². The van der Waals surface area contributed by atoms with Crippen molar-refractivity contribution < 1.29 is 0 Å². The molecule has 2 fully saturated rings. The number of hydrogen-bond donors (Lipinski definition) is 1. The minimum absolute atomic E-state index is 0.766. The van der Waals surface area contributed by atoms with Gasteiger partial charge in [-0.25, -0.2) is 4.68 Å². The van der Waals surface area contributed by atoms with Gasteiger partial charge in [0.25, 0.3) is 0 Å². The molecule has 3 heterocycles. The number of nitrogens with zero attached hydrogens (tertiary/aromatic N) is 4. The molecule has 0 unspecified atom stereocenters. The zero-order valence-electron chi connectivity index (χ0n) is 14.5. The molecule has 128 valence electrons. The second-order valence-corrected chi connectivity index (χ2v) is 7.02. The second-order valence-electron chi connectivity index (χ2n) is 7.02. The van der Waals surface area contributed by atoms with E-state index in [2.05, 4.69) is 45.3 Å². The maximum atomic E-state index is 4.31.